The molecule has 1 amide bonds. The summed E-state index contributed by atoms with van der Waals surface area (Å²) >= 11 is 0. The van der Waals surface area contributed by atoms with E-state index in [0.717, 1.165) is 5.56 Å². The third-order valence-electron chi connectivity index (χ3n) is 3.22. The number of hydrogen-bond donors (Lipinski definition) is 1. The van der Waals surface area contributed by atoms with Gasteiger partial charge >= 0.3 is 0 Å². The van der Waals surface area contributed by atoms with Crippen molar-refractivity contribution in [3.8, 4) is 0 Å². The lowest BCUT2D eigenvalue weighted by atomic mass is 10.2. The first-order valence-corrected chi connectivity index (χ1v) is 6.95. The number of benzene rings is 2. The fourth-order valence-corrected chi connectivity index (χ4v) is 2.13. The van der Waals surface area contributed by atoms with Crippen molar-refractivity contribution in [2.75, 3.05) is 5.32 Å². The van der Waals surface area contributed by atoms with Gasteiger partial charge in [-0.05, 0) is 42.0 Å². The Morgan fingerprint density at radius 1 is 1.04 bits per heavy atom. The van der Waals surface area contributed by atoms with E-state index in [9.17, 15) is 13.6 Å². The number of halogens is 2. The summed E-state index contributed by atoms with van der Waals surface area (Å²) in [5, 5.41) is 6.83. The Kier molecular flexibility index (Phi) is 4.14. The van der Waals surface area contributed by atoms with Crippen molar-refractivity contribution in [1.29, 1.82) is 0 Å². The zero-order valence-corrected chi connectivity index (χ0v) is 12.0. The number of hydrogen-bond acceptors (Lipinski definition) is 2. The van der Waals surface area contributed by atoms with Crippen molar-refractivity contribution >= 4 is 11.7 Å². The third kappa shape index (κ3) is 3.79. The van der Waals surface area contributed by atoms with Crippen molar-refractivity contribution in [3.05, 3.63) is 83.6 Å². The number of anilines is 1. The average molecular weight is 313 g/mol. The summed E-state index contributed by atoms with van der Waals surface area (Å²) in [6.07, 6.45) is 1.69. The van der Waals surface area contributed by atoms with Crippen LogP contribution >= 0.6 is 0 Å². The van der Waals surface area contributed by atoms with Crippen molar-refractivity contribution in [3.63, 3.8) is 0 Å². The Bertz CT molecular complexity index is 828. The molecule has 0 fully saturated rings. The lowest BCUT2D eigenvalue weighted by molar-refractivity contribution is 0.102. The smallest absolute Gasteiger partial charge is 0.256 e. The van der Waals surface area contributed by atoms with Crippen molar-refractivity contribution < 1.29 is 13.6 Å². The van der Waals surface area contributed by atoms with Crippen LogP contribution in [-0.4, -0.2) is 15.7 Å². The highest BCUT2D eigenvalue weighted by Gasteiger charge is 2.08. The maximum atomic E-state index is 13.1. The van der Waals surface area contributed by atoms with Crippen LogP contribution in [0, 0.1) is 11.6 Å². The molecular weight excluding hydrogens is 300 g/mol. The molecule has 0 aliphatic heterocycles. The minimum atomic E-state index is -0.402. The van der Waals surface area contributed by atoms with E-state index in [0.29, 0.717) is 17.9 Å². The second-order valence-electron chi connectivity index (χ2n) is 4.99. The second kappa shape index (κ2) is 6.39. The first kappa shape index (κ1) is 14.9. The molecule has 3 rings (SSSR count). The Labute approximate surface area is 131 Å². The molecule has 0 radical (unpaired) electrons. The van der Waals surface area contributed by atoms with E-state index in [-0.39, 0.29) is 11.7 Å². The molecule has 1 N–H and O–H groups in total. The predicted octanol–water partition coefficient (Wildman–Crippen LogP) is 3.46. The number of amides is 1. The Hall–Kier alpha value is -3.02. The van der Waals surface area contributed by atoms with E-state index in [1.165, 1.54) is 36.4 Å². The van der Waals surface area contributed by atoms with Gasteiger partial charge in [0.1, 0.15) is 11.6 Å². The van der Waals surface area contributed by atoms with Gasteiger partial charge in [-0.3, -0.25) is 9.48 Å². The van der Waals surface area contributed by atoms with Gasteiger partial charge < -0.3 is 5.32 Å². The number of carbonyl (C=O) groups excluding carboxylic acids is 1. The lowest BCUT2D eigenvalue weighted by Crippen LogP contribution is -2.12. The molecule has 0 spiro atoms. The summed E-state index contributed by atoms with van der Waals surface area (Å²) < 4.78 is 27.6. The average Bonchev–Trinajstić information content (AvgIpc) is 2.95. The number of aromatic nitrogens is 2. The van der Waals surface area contributed by atoms with Crippen LogP contribution in [0.1, 0.15) is 15.9 Å². The molecule has 0 saturated heterocycles. The minimum absolute atomic E-state index is 0.306. The molecule has 4 nitrogen and oxygen atoms in total. The Balaban J connectivity index is 1.67. The first-order valence-electron chi connectivity index (χ1n) is 6.95. The molecule has 0 atom stereocenters. The Morgan fingerprint density at radius 2 is 1.83 bits per heavy atom. The molecule has 3 aromatic rings. The predicted molar refractivity (Wildman–Crippen MR) is 82.1 cm³/mol. The van der Waals surface area contributed by atoms with E-state index in [1.807, 2.05) is 0 Å². The van der Waals surface area contributed by atoms with Crippen LogP contribution in [0.4, 0.5) is 14.6 Å². The fraction of sp³-hybridized carbons (Fsp3) is 0.0588. The van der Waals surface area contributed by atoms with Crippen LogP contribution in [0.15, 0.2) is 60.8 Å². The lowest BCUT2D eigenvalue weighted by Gasteiger charge is -2.03. The molecule has 0 saturated carbocycles. The van der Waals surface area contributed by atoms with Crippen molar-refractivity contribution in [2.45, 2.75) is 6.54 Å². The zero-order chi connectivity index (χ0) is 16.2. The fourth-order valence-electron chi connectivity index (χ4n) is 2.13. The van der Waals surface area contributed by atoms with E-state index in [2.05, 4.69) is 10.4 Å². The summed E-state index contributed by atoms with van der Waals surface area (Å²) in [6, 6.07) is 13.1. The number of carbonyl (C=O) groups is 1. The van der Waals surface area contributed by atoms with Gasteiger partial charge in [-0.1, -0.05) is 12.1 Å². The minimum Gasteiger partial charge on any atom is -0.305 e. The Morgan fingerprint density at radius 3 is 2.57 bits per heavy atom. The summed E-state index contributed by atoms with van der Waals surface area (Å²) in [7, 11) is 0. The zero-order valence-electron chi connectivity index (χ0n) is 12.0. The van der Waals surface area contributed by atoms with E-state index < -0.39 is 5.82 Å². The summed E-state index contributed by atoms with van der Waals surface area (Å²) in [6.45, 7) is 0.393. The molecule has 116 valence electrons. The van der Waals surface area contributed by atoms with Crippen molar-refractivity contribution in [2.24, 2.45) is 0 Å². The van der Waals surface area contributed by atoms with Gasteiger partial charge in [-0.25, -0.2) is 8.78 Å². The topological polar surface area (TPSA) is 46.9 Å². The van der Waals surface area contributed by atoms with Crippen LogP contribution in [0.2, 0.25) is 0 Å². The van der Waals surface area contributed by atoms with Crippen LogP contribution in [0.3, 0.4) is 0 Å². The molecule has 0 bridgehead atoms. The van der Waals surface area contributed by atoms with Crippen LogP contribution in [-0.2, 0) is 6.54 Å². The summed E-state index contributed by atoms with van der Waals surface area (Å²) in [5.41, 5.74) is 1.11. The monoisotopic (exact) mass is 313 g/mol. The standard InChI is InChI=1S/C17H13F2N3O/c18-14-6-4-13(5-7-14)17(23)20-16-8-9-22(21-16)11-12-2-1-3-15(19)10-12/h1-10H,11H2,(H,20,21,23). The van der Waals surface area contributed by atoms with Crippen LogP contribution in [0.5, 0.6) is 0 Å². The summed E-state index contributed by atoms with van der Waals surface area (Å²) in [4.78, 5) is 12.0. The highest BCUT2D eigenvalue weighted by Crippen LogP contribution is 2.10. The highest BCUT2D eigenvalue weighted by atomic mass is 19.1. The van der Waals surface area contributed by atoms with E-state index in [4.69, 9.17) is 0 Å². The molecular formula is C17H13F2N3O. The van der Waals surface area contributed by atoms with Gasteiger partial charge in [0.05, 0.1) is 6.54 Å². The quantitative estimate of drug-likeness (QED) is 0.802. The largest absolute Gasteiger partial charge is 0.305 e. The van der Waals surface area contributed by atoms with E-state index in [1.54, 1.807) is 29.1 Å². The van der Waals surface area contributed by atoms with Crippen LogP contribution < -0.4 is 5.32 Å². The molecule has 0 aliphatic rings. The first-order chi connectivity index (χ1) is 11.1. The van der Waals surface area contributed by atoms with Crippen molar-refractivity contribution in [1.82, 2.24) is 9.78 Å². The van der Waals surface area contributed by atoms with Gasteiger partial charge in [0.15, 0.2) is 5.82 Å². The highest BCUT2D eigenvalue weighted by molar-refractivity contribution is 6.03. The maximum absolute atomic E-state index is 13.1. The molecule has 1 aromatic heterocycles. The van der Waals surface area contributed by atoms with Crippen LogP contribution in [0.25, 0.3) is 0 Å². The van der Waals surface area contributed by atoms with E-state index >= 15 is 0 Å². The van der Waals surface area contributed by atoms with Gasteiger partial charge in [-0.2, -0.15) is 5.10 Å². The van der Waals surface area contributed by atoms with Gasteiger partial charge in [0.25, 0.3) is 5.91 Å². The molecule has 0 unspecified atom stereocenters. The second-order valence-corrected chi connectivity index (χ2v) is 4.99. The molecule has 6 heteroatoms. The van der Waals surface area contributed by atoms with Gasteiger partial charge in [0.2, 0.25) is 0 Å². The number of nitrogens with one attached hydrogen (secondary N) is 1. The molecule has 2 aromatic carbocycles. The SMILES string of the molecule is O=C(Nc1ccn(Cc2cccc(F)c2)n1)c1ccc(F)cc1. The number of rotatable bonds is 4. The molecule has 23 heavy (non-hydrogen) atoms. The van der Waals surface area contributed by atoms with Gasteiger partial charge in [0, 0.05) is 17.8 Å². The maximum Gasteiger partial charge on any atom is 0.256 e. The summed E-state index contributed by atoms with van der Waals surface area (Å²) in [5.74, 6) is -0.711. The third-order valence-corrected chi connectivity index (χ3v) is 3.22. The molecule has 0 aliphatic carbocycles. The van der Waals surface area contributed by atoms with Gasteiger partial charge in [-0.15, -0.1) is 0 Å². The molecule has 1 heterocycles. The normalized spacial score (nSPS) is 10.5. The number of nitrogens with zero attached hydrogens (tertiary/aromatic N) is 2.